The summed E-state index contributed by atoms with van der Waals surface area (Å²) in [4.78, 5) is 25.2. The molecular formula is C25H29N7O4. The molecule has 4 rings (SSSR count). The van der Waals surface area contributed by atoms with Gasteiger partial charge in [-0.05, 0) is 61.7 Å². The number of rotatable bonds is 6. The number of nitrogens with zero attached hydrogens (tertiary/aromatic N) is 3. The number of nitrogens with two attached hydrogens (primary N) is 3. The van der Waals surface area contributed by atoms with E-state index in [4.69, 9.17) is 31.5 Å². The number of nitrogen functional groups attached to an aromatic ring is 3. The summed E-state index contributed by atoms with van der Waals surface area (Å²) >= 11 is 0. The molecule has 1 atom stereocenters. The molecule has 0 aliphatic carbocycles. The zero-order chi connectivity index (χ0) is 26.0. The molecule has 1 aromatic heterocycles. The molecule has 1 unspecified atom stereocenters. The molecule has 11 heteroatoms. The summed E-state index contributed by atoms with van der Waals surface area (Å²) in [7, 11) is 1.52. The lowest BCUT2D eigenvalue weighted by Crippen LogP contribution is -2.34. The summed E-state index contributed by atoms with van der Waals surface area (Å²) < 4.78 is 12.3. The van der Waals surface area contributed by atoms with Crippen molar-refractivity contribution < 1.29 is 19.1 Å². The summed E-state index contributed by atoms with van der Waals surface area (Å²) in [5.41, 5.74) is 23.5. The van der Waals surface area contributed by atoms with E-state index in [1.807, 2.05) is 20.8 Å². The third kappa shape index (κ3) is 4.81. The van der Waals surface area contributed by atoms with E-state index in [1.165, 1.54) is 13.3 Å². The van der Waals surface area contributed by atoms with Crippen LogP contribution in [0.25, 0.3) is 0 Å². The standard InChI is InChI=1S/C25H29N7O4/c1-12-13(2)22-20(14(3)21(12)26)19(32-34-4)9-17(36-22)11-35-16-7-5-15(6-8-16)30-24(33)18-10-29-25(28)31-23(18)27/h5-8,10,17H,9,11,26H2,1-4H3,(H,30,33)(H4,27,28,29,31). The third-order valence-electron chi connectivity index (χ3n) is 6.14. The van der Waals surface area contributed by atoms with Gasteiger partial charge in [0.2, 0.25) is 5.95 Å². The maximum absolute atomic E-state index is 12.5. The number of aromatic nitrogens is 2. The molecule has 188 valence electrons. The van der Waals surface area contributed by atoms with Crippen molar-refractivity contribution in [3.63, 3.8) is 0 Å². The van der Waals surface area contributed by atoms with Crippen LogP contribution in [0.2, 0.25) is 0 Å². The molecule has 0 fully saturated rings. The minimum atomic E-state index is -0.443. The Labute approximate surface area is 208 Å². The quantitative estimate of drug-likeness (QED) is 0.298. The van der Waals surface area contributed by atoms with E-state index < -0.39 is 5.91 Å². The van der Waals surface area contributed by atoms with E-state index in [9.17, 15) is 4.79 Å². The molecule has 0 radical (unpaired) electrons. The fourth-order valence-electron chi connectivity index (χ4n) is 4.06. The van der Waals surface area contributed by atoms with Crippen molar-refractivity contribution in [2.45, 2.75) is 33.3 Å². The van der Waals surface area contributed by atoms with Gasteiger partial charge in [-0.15, -0.1) is 0 Å². The summed E-state index contributed by atoms with van der Waals surface area (Å²) in [6.45, 7) is 6.20. The average molecular weight is 492 g/mol. The van der Waals surface area contributed by atoms with E-state index in [-0.39, 0.29) is 30.0 Å². The molecule has 2 heterocycles. The van der Waals surface area contributed by atoms with Gasteiger partial charge in [-0.3, -0.25) is 4.79 Å². The molecule has 0 saturated carbocycles. The first kappa shape index (κ1) is 24.6. The number of hydrogen-bond acceptors (Lipinski definition) is 10. The van der Waals surface area contributed by atoms with Crippen molar-refractivity contribution in [3.8, 4) is 11.5 Å². The highest BCUT2D eigenvalue weighted by Gasteiger charge is 2.31. The second kappa shape index (κ2) is 9.98. The highest BCUT2D eigenvalue weighted by atomic mass is 16.6. The second-order valence-corrected chi connectivity index (χ2v) is 8.47. The molecule has 0 saturated heterocycles. The lowest BCUT2D eigenvalue weighted by molar-refractivity contribution is 0.102. The molecule has 1 amide bonds. The Hall–Kier alpha value is -4.54. The summed E-state index contributed by atoms with van der Waals surface area (Å²) in [5, 5.41) is 6.98. The molecule has 36 heavy (non-hydrogen) atoms. The van der Waals surface area contributed by atoms with Gasteiger partial charge in [0, 0.05) is 29.6 Å². The van der Waals surface area contributed by atoms with Crippen molar-refractivity contribution in [1.29, 1.82) is 0 Å². The van der Waals surface area contributed by atoms with Crippen LogP contribution in [0.3, 0.4) is 0 Å². The minimum absolute atomic E-state index is 0.00107. The van der Waals surface area contributed by atoms with Crippen LogP contribution in [0.5, 0.6) is 11.5 Å². The Morgan fingerprint density at radius 2 is 1.86 bits per heavy atom. The molecule has 11 nitrogen and oxygen atoms in total. The normalized spacial score (nSPS) is 15.7. The van der Waals surface area contributed by atoms with Crippen LogP contribution in [-0.4, -0.2) is 41.4 Å². The van der Waals surface area contributed by atoms with Crippen LogP contribution in [0.15, 0.2) is 35.6 Å². The highest BCUT2D eigenvalue weighted by molar-refractivity contribution is 6.07. The molecular weight excluding hydrogens is 462 g/mol. The Balaban J connectivity index is 1.44. The molecule has 0 spiro atoms. The number of nitrogens with one attached hydrogen (secondary N) is 1. The van der Waals surface area contributed by atoms with E-state index in [1.54, 1.807) is 24.3 Å². The van der Waals surface area contributed by atoms with Gasteiger partial charge in [-0.2, -0.15) is 4.98 Å². The molecule has 7 N–H and O–H groups in total. The van der Waals surface area contributed by atoms with Crippen LogP contribution in [0.1, 0.15) is 39.0 Å². The van der Waals surface area contributed by atoms with Crippen molar-refractivity contribution in [1.82, 2.24) is 9.97 Å². The molecule has 1 aliphatic rings. The van der Waals surface area contributed by atoms with Gasteiger partial charge in [-0.1, -0.05) is 5.16 Å². The number of oxime groups is 1. The number of amides is 1. The first-order valence-corrected chi connectivity index (χ1v) is 11.3. The van der Waals surface area contributed by atoms with Crippen LogP contribution in [0, 0.1) is 20.8 Å². The van der Waals surface area contributed by atoms with Crippen molar-refractivity contribution in [3.05, 3.63) is 58.3 Å². The number of anilines is 4. The third-order valence-corrected chi connectivity index (χ3v) is 6.14. The fraction of sp³-hybridized carbons (Fsp3) is 0.280. The highest BCUT2D eigenvalue weighted by Crippen LogP contribution is 2.39. The minimum Gasteiger partial charge on any atom is -0.490 e. The van der Waals surface area contributed by atoms with E-state index in [0.29, 0.717) is 17.9 Å². The van der Waals surface area contributed by atoms with E-state index in [2.05, 4.69) is 20.4 Å². The number of benzene rings is 2. The predicted molar refractivity (Wildman–Crippen MR) is 138 cm³/mol. The van der Waals surface area contributed by atoms with Gasteiger partial charge in [0.25, 0.3) is 5.91 Å². The molecule has 0 bridgehead atoms. The maximum Gasteiger partial charge on any atom is 0.260 e. The van der Waals surface area contributed by atoms with Gasteiger partial charge in [-0.25, -0.2) is 4.98 Å². The Kier molecular flexibility index (Phi) is 6.82. The van der Waals surface area contributed by atoms with Crippen LogP contribution >= 0.6 is 0 Å². The number of ether oxygens (including phenoxy) is 2. The largest absolute Gasteiger partial charge is 0.490 e. The van der Waals surface area contributed by atoms with E-state index in [0.717, 1.165) is 39.4 Å². The summed E-state index contributed by atoms with van der Waals surface area (Å²) in [6, 6.07) is 6.94. The Bertz CT molecular complexity index is 1340. The van der Waals surface area contributed by atoms with E-state index >= 15 is 0 Å². The Morgan fingerprint density at radius 1 is 1.14 bits per heavy atom. The zero-order valence-electron chi connectivity index (χ0n) is 20.6. The SMILES string of the molecule is CON=C1CC(COc2ccc(NC(=O)c3cnc(N)nc3N)cc2)Oc2c(C)c(C)c(N)c(C)c21. The van der Waals surface area contributed by atoms with Crippen molar-refractivity contribution in [2.75, 3.05) is 36.2 Å². The predicted octanol–water partition coefficient (Wildman–Crippen LogP) is 2.98. The monoisotopic (exact) mass is 491 g/mol. The first-order chi connectivity index (χ1) is 17.2. The topological polar surface area (TPSA) is 173 Å². The number of fused-ring (bicyclic) bond motifs is 1. The average Bonchev–Trinajstić information content (AvgIpc) is 2.85. The number of carbonyl (C=O) groups is 1. The van der Waals surface area contributed by atoms with Crippen LogP contribution in [0.4, 0.5) is 23.1 Å². The van der Waals surface area contributed by atoms with Crippen LogP contribution in [-0.2, 0) is 4.84 Å². The Morgan fingerprint density at radius 3 is 2.53 bits per heavy atom. The fourth-order valence-corrected chi connectivity index (χ4v) is 4.06. The van der Waals surface area contributed by atoms with Gasteiger partial charge in [0.1, 0.15) is 42.7 Å². The number of hydrogen-bond donors (Lipinski definition) is 4. The van der Waals surface area contributed by atoms with Crippen molar-refractivity contribution >= 4 is 34.8 Å². The smallest absolute Gasteiger partial charge is 0.260 e. The maximum atomic E-state index is 12.5. The van der Waals surface area contributed by atoms with Crippen LogP contribution < -0.4 is 32.0 Å². The second-order valence-electron chi connectivity index (χ2n) is 8.47. The van der Waals surface area contributed by atoms with Gasteiger partial charge >= 0.3 is 0 Å². The first-order valence-electron chi connectivity index (χ1n) is 11.3. The number of carbonyl (C=O) groups excluding carboxylic acids is 1. The summed E-state index contributed by atoms with van der Waals surface area (Å²) in [5.74, 6) is 0.931. The lowest BCUT2D eigenvalue weighted by atomic mass is 9.90. The van der Waals surface area contributed by atoms with Gasteiger partial charge in [0.15, 0.2) is 0 Å². The molecule has 2 aromatic carbocycles. The summed E-state index contributed by atoms with van der Waals surface area (Å²) in [6.07, 6.45) is 1.51. The van der Waals surface area contributed by atoms with Gasteiger partial charge in [0.05, 0.1) is 5.71 Å². The lowest BCUT2D eigenvalue weighted by Gasteiger charge is -2.30. The van der Waals surface area contributed by atoms with Gasteiger partial charge < -0.3 is 36.8 Å². The molecule has 3 aromatic rings. The zero-order valence-corrected chi connectivity index (χ0v) is 20.6. The molecule has 1 aliphatic heterocycles. The van der Waals surface area contributed by atoms with Crippen molar-refractivity contribution in [2.24, 2.45) is 5.16 Å².